The van der Waals surface area contributed by atoms with E-state index in [1.54, 1.807) is 0 Å². The lowest BCUT2D eigenvalue weighted by atomic mass is 10.2. The number of rotatable bonds is 2. The van der Waals surface area contributed by atoms with E-state index in [-0.39, 0.29) is 0 Å². The summed E-state index contributed by atoms with van der Waals surface area (Å²) in [7, 11) is 0. The van der Waals surface area contributed by atoms with Crippen molar-refractivity contribution in [1.82, 2.24) is 14.8 Å². The summed E-state index contributed by atoms with van der Waals surface area (Å²) in [5.41, 5.74) is 9.24. The number of nitrogen functional groups attached to an aromatic ring is 1. The topological polar surface area (TPSA) is 56.7 Å². The number of hydrogen-bond donors (Lipinski definition) is 1. The number of aromatic nitrogens is 3. The van der Waals surface area contributed by atoms with E-state index in [2.05, 4.69) is 17.0 Å². The lowest BCUT2D eigenvalue weighted by Crippen LogP contribution is -1.94. The third-order valence-corrected chi connectivity index (χ3v) is 2.38. The van der Waals surface area contributed by atoms with Gasteiger partial charge in [0.1, 0.15) is 0 Å². The standard InChI is InChI=1S/C11H14N4/c1-3-15-7-9(6-13-15)11-5-4-10(12)8(2)14-11/h4-7H,3,12H2,1-2H3. The number of pyridine rings is 1. The summed E-state index contributed by atoms with van der Waals surface area (Å²) < 4.78 is 1.88. The van der Waals surface area contributed by atoms with E-state index < -0.39 is 0 Å². The molecule has 4 heteroatoms. The second-order valence-corrected chi connectivity index (χ2v) is 3.46. The lowest BCUT2D eigenvalue weighted by molar-refractivity contribution is 0.660. The SMILES string of the molecule is CCn1cc(-c2ccc(N)c(C)n2)cn1. The Balaban J connectivity index is 2.40. The van der Waals surface area contributed by atoms with Crippen molar-refractivity contribution in [3.63, 3.8) is 0 Å². The zero-order valence-electron chi connectivity index (χ0n) is 8.94. The second kappa shape index (κ2) is 3.73. The molecule has 2 aromatic heterocycles. The molecule has 0 atom stereocenters. The van der Waals surface area contributed by atoms with Crippen LogP contribution >= 0.6 is 0 Å². The van der Waals surface area contributed by atoms with Gasteiger partial charge in [0.05, 0.1) is 23.3 Å². The predicted molar refractivity (Wildman–Crippen MR) is 60.3 cm³/mol. The molecule has 0 aliphatic heterocycles. The fourth-order valence-electron chi connectivity index (χ4n) is 1.40. The highest BCUT2D eigenvalue weighted by Gasteiger charge is 2.03. The van der Waals surface area contributed by atoms with Crippen molar-refractivity contribution >= 4 is 5.69 Å². The molecule has 4 nitrogen and oxygen atoms in total. The van der Waals surface area contributed by atoms with Gasteiger partial charge in [-0.2, -0.15) is 5.10 Å². The maximum atomic E-state index is 5.71. The van der Waals surface area contributed by atoms with Crippen molar-refractivity contribution in [2.75, 3.05) is 5.73 Å². The first-order valence-electron chi connectivity index (χ1n) is 4.96. The van der Waals surface area contributed by atoms with Crippen molar-refractivity contribution in [3.05, 3.63) is 30.2 Å². The minimum absolute atomic E-state index is 0.724. The molecule has 2 N–H and O–H groups in total. The molecule has 2 heterocycles. The van der Waals surface area contributed by atoms with Crippen LogP contribution in [0.2, 0.25) is 0 Å². The fourth-order valence-corrected chi connectivity index (χ4v) is 1.40. The van der Waals surface area contributed by atoms with Gasteiger partial charge in [0.2, 0.25) is 0 Å². The van der Waals surface area contributed by atoms with Crippen LogP contribution in [0.4, 0.5) is 5.69 Å². The zero-order chi connectivity index (χ0) is 10.8. The molecule has 0 aliphatic rings. The van der Waals surface area contributed by atoms with Gasteiger partial charge >= 0.3 is 0 Å². The summed E-state index contributed by atoms with van der Waals surface area (Å²) in [4.78, 5) is 4.41. The molecule has 0 saturated heterocycles. The largest absolute Gasteiger partial charge is 0.397 e. The van der Waals surface area contributed by atoms with Crippen LogP contribution in [0, 0.1) is 6.92 Å². The number of aryl methyl sites for hydroxylation is 2. The molecular weight excluding hydrogens is 188 g/mol. The first-order chi connectivity index (χ1) is 7.20. The van der Waals surface area contributed by atoms with Crippen LogP contribution in [0.5, 0.6) is 0 Å². The van der Waals surface area contributed by atoms with Gasteiger partial charge in [-0.15, -0.1) is 0 Å². The lowest BCUT2D eigenvalue weighted by Gasteiger charge is -2.01. The minimum atomic E-state index is 0.724. The summed E-state index contributed by atoms with van der Waals surface area (Å²) in [5, 5.41) is 4.21. The molecule has 0 aromatic carbocycles. The van der Waals surface area contributed by atoms with E-state index in [0.29, 0.717) is 0 Å². The van der Waals surface area contributed by atoms with Crippen LogP contribution in [0.1, 0.15) is 12.6 Å². The van der Waals surface area contributed by atoms with Crippen LogP contribution in [0.15, 0.2) is 24.5 Å². The van der Waals surface area contributed by atoms with Gasteiger partial charge in [-0.05, 0) is 26.0 Å². The molecular formula is C11H14N4. The van der Waals surface area contributed by atoms with Crippen LogP contribution in [-0.4, -0.2) is 14.8 Å². The van der Waals surface area contributed by atoms with Gasteiger partial charge in [-0.3, -0.25) is 9.67 Å². The van der Waals surface area contributed by atoms with Gasteiger partial charge in [-0.25, -0.2) is 0 Å². The van der Waals surface area contributed by atoms with Gasteiger partial charge in [0, 0.05) is 18.3 Å². The predicted octanol–water partition coefficient (Wildman–Crippen LogP) is 1.86. The Bertz CT molecular complexity index is 473. The van der Waals surface area contributed by atoms with Gasteiger partial charge in [0.15, 0.2) is 0 Å². The van der Waals surface area contributed by atoms with E-state index in [1.165, 1.54) is 0 Å². The first kappa shape index (κ1) is 9.71. The average molecular weight is 202 g/mol. The monoisotopic (exact) mass is 202 g/mol. The van der Waals surface area contributed by atoms with Gasteiger partial charge in [0.25, 0.3) is 0 Å². The van der Waals surface area contributed by atoms with E-state index >= 15 is 0 Å². The molecule has 2 aromatic rings. The Labute approximate surface area is 88.8 Å². The Kier molecular flexibility index (Phi) is 2.41. The molecule has 0 radical (unpaired) electrons. The summed E-state index contributed by atoms with van der Waals surface area (Å²) in [6.07, 6.45) is 3.80. The average Bonchev–Trinajstić information content (AvgIpc) is 2.70. The molecule has 0 saturated carbocycles. The Morgan fingerprint density at radius 2 is 2.20 bits per heavy atom. The molecule has 15 heavy (non-hydrogen) atoms. The summed E-state index contributed by atoms with van der Waals surface area (Å²) in [6, 6.07) is 3.79. The maximum Gasteiger partial charge on any atom is 0.0738 e. The number of nitrogens with two attached hydrogens (primary N) is 1. The highest BCUT2D eigenvalue weighted by atomic mass is 15.3. The van der Waals surface area contributed by atoms with Crippen LogP contribution < -0.4 is 5.73 Å². The quantitative estimate of drug-likeness (QED) is 0.808. The molecule has 0 fully saturated rings. The van der Waals surface area contributed by atoms with E-state index in [4.69, 9.17) is 5.73 Å². The molecule has 78 valence electrons. The van der Waals surface area contributed by atoms with Crippen molar-refractivity contribution in [3.8, 4) is 11.3 Å². The van der Waals surface area contributed by atoms with Gasteiger partial charge in [-0.1, -0.05) is 0 Å². The third kappa shape index (κ3) is 1.83. The number of nitrogens with zero attached hydrogens (tertiary/aromatic N) is 3. The fraction of sp³-hybridized carbons (Fsp3) is 0.273. The third-order valence-electron chi connectivity index (χ3n) is 2.38. The zero-order valence-corrected chi connectivity index (χ0v) is 8.94. The summed E-state index contributed by atoms with van der Waals surface area (Å²) in [5.74, 6) is 0. The van der Waals surface area contributed by atoms with Gasteiger partial charge < -0.3 is 5.73 Å². The van der Waals surface area contributed by atoms with Crippen molar-refractivity contribution < 1.29 is 0 Å². The summed E-state index contributed by atoms with van der Waals surface area (Å²) in [6.45, 7) is 4.83. The van der Waals surface area contributed by atoms with Crippen molar-refractivity contribution in [1.29, 1.82) is 0 Å². The first-order valence-corrected chi connectivity index (χ1v) is 4.96. The van der Waals surface area contributed by atoms with E-state index in [9.17, 15) is 0 Å². The second-order valence-electron chi connectivity index (χ2n) is 3.46. The van der Waals surface area contributed by atoms with Crippen molar-refractivity contribution in [2.24, 2.45) is 0 Å². The van der Waals surface area contributed by atoms with Crippen LogP contribution in [0.3, 0.4) is 0 Å². The van der Waals surface area contributed by atoms with Crippen molar-refractivity contribution in [2.45, 2.75) is 20.4 Å². The van der Waals surface area contributed by atoms with E-state index in [1.807, 2.05) is 36.1 Å². The maximum absolute atomic E-state index is 5.71. The molecule has 0 aliphatic carbocycles. The molecule has 0 bridgehead atoms. The molecule has 0 amide bonds. The smallest absolute Gasteiger partial charge is 0.0738 e. The molecule has 2 rings (SSSR count). The Morgan fingerprint density at radius 1 is 1.40 bits per heavy atom. The number of hydrogen-bond acceptors (Lipinski definition) is 3. The normalized spacial score (nSPS) is 10.5. The Morgan fingerprint density at radius 3 is 2.80 bits per heavy atom. The Hall–Kier alpha value is -1.84. The highest BCUT2D eigenvalue weighted by Crippen LogP contribution is 2.18. The van der Waals surface area contributed by atoms with Crippen LogP contribution in [-0.2, 0) is 6.54 Å². The molecule has 0 unspecified atom stereocenters. The number of anilines is 1. The minimum Gasteiger partial charge on any atom is -0.397 e. The van der Waals surface area contributed by atoms with E-state index in [0.717, 1.165) is 29.2 Å². The molecule has 0 spiro atoms. The summed E-state index contributed by atoms with van der Waals surface area (Å²) >= 11 is 0. The highest BCUT2D eigenvalue weighted by molar-refractivity contribution is 5.60. The van der Waals surface area contributed by atoms with Crippen LogP contribution in [0.25, 0.3) is 11.3 Å².